The minimum absolute atomic E-state index is 0.0604. The van der Waals surface area contributed by atoms with E-state index in [4.69, 9.17) is 0 Å². The molecule has 1 unspecified atom stereocenters. The summed E-state index contributed by atoms with van der Waals surface area (Å²) in [6.07, 6.45) is 3.94. The summed E-state index contributed by atoms with van der Waals surface area (Å²) in [6, 6.07) is 0. The van der Waals surface area contributed by atoms with Crippen LogP contribution in [0.1, 0.15) is 25.7 Å². The Bertz CT molecular complexity index is 431. The van der Waals surface area contributed by atoms with Crippen LogP contribution in [0.3, 0.4) is 0 Å². The molecule has 2 aliphatic rings. The van der Waals surface area contributed by atoms with Crippen molar-refractivity contribution in [1.29, 1.82) is 0 Å². The van der Waals surface area contributed by atoms with Gasteiger partial charge in [-0.1, -0.05) is 0 Å². The summed E-state index contributed by atoms with van der Waals surface area (Å²) in [4.78, 5) is 12.0. The van der Waals surface area contributed by atoms with Gasteiger partial charge in [0.1, 0.15) is 0 Å². The molecule has 2 N–H and O–H groups in total. The molecule has 2 rings (SSSR count). The summed E-state index contributed by atoms with van der Waals surface area (Å²) < 4.78 is 24.3. The van der Waals surface area contributed by atoms with Gasteiger partial charge in [0, 0.05) is 19.6 Å². The van der Waals surface area contributed by atoms with Crippen LogP contribution in [0.2, 0.25) is 0 Å². The monoisotopic (exact) mass is 290 g/mol. The second-order valence-electron chi connectivity index (χ2n) is 5.70. The number of sulfonamides is 1. The first kappa shape index (κ1) is 14.7. The number of aliphatic hydroxyl groups excluding tert-OH is 1. The number of carbonyl (C=O) groups excluding carboxylic acids is 1. The third-order valence-corrected chi connectivity index (χ3v) is 5.27. The van der Waals surface area contributed by atoms with E-state index in [2.05, 4.69) is 5.32 Å². The first-order valence-electron chi connectivity index (χ1n) is 6.77. The fourth-order valence-corrected chi connectivity index (χ4v) is 3.63. The van der Waals surface area contributed by atoms with Gasteiger partial charge >= 0.3 is 0 Å². The van der Waals surface area contributed by atoms with Crippen molar-refractivity contribution in [2.45, 2.75) is 31.8 Å². The van der Waals surface area contributed by atoms with Crippen molar-refractivity contribution in [2.75, 3.05) is 25.9 Å². The second-order valence-corrected chi connectivity index (χ2v) is 7.68. The molecule has 0 spiro atoms. The fourth-order valence-electron chi connectivity index (χ4n) is 2.71. The molecule has 1 saturated heterocycles. The van der Waals surface area contributed by atoms with Crippen molar-refractivity contribution >= 4 is 15.9 Å². The third-order valence-electron chi connectivity index (χ3n) is 4.00. The molecule has 1 amide bonds. The predicted octanol–water partition coefficient (Wildman–Crippen LogP) is -0.455. The predicted molar refractivity (Wildman–Crippen MR) is 70.9 cm³/mol. The van der Waals surface area contributed by atoms with Crippen molar-refractivity contribution in [2.24, 2.45) is 11.8 Å². The largest absolute Gasteiger partial charge is 0.393 e. The molecule has 0 aromatic rings. The molecule has 110 valence electrons. The first-order chi connectivity index (χ1) is 8.86. The maximum Gasteiger partial charge on any atom is 0.224 e. The molecule has 0 radical (unpaired) electrons. The summed E-state index contributed by atoms with van der Waals surface area (Å²) in [5.41, 5.74) is 0. The zero-order valence-electron chi connectivity index (χ0n) is 11.2. The molecule has 1 saturated carbocycles. The Hall–Kier alpha value is -0.660. The van der Waals surface area contributed by atoms with Gasteiger partial charge in [-0.05, 0) is 31.6 Å². The Balaban J connectivity index is 1.78. The van der Waals surface area contributed by atoms with E-state index in [-0.39, 0.29) is 24.5 Å². The number of aliphatic hydroxyl groups is 1. The van der Waals surface area contributed by atoms with Gasteiger partial charge < -0.3 is 10.4 Å². The van der Waals surface area contributed by atoms with Gasteiger partial charge in [-0.25, -0.2) is 12.7 Å². The Labute approximate surface area is 114 Å². The summed E-state index contributed by atoms with van der Waals surface area (Å²) in [5, 5.41) is 12.0. The lowest BCUT2D eigenvalue weighted by Crippen LogP contribution is -2.47. The van der Waals surface area contributed by atoms with Crippen molar-refractivity contribution in [3.63, 3.8) is 0 Å². The molecule has 0 aromatic heterocycles. The number of hydrogen-bond donors (Lipinski definition) is 2. The Morgan fingerprint density at radius 2 is 2.11 bits per heavy atom. The van der Waals surface area contributed by atoms with E-state index in [0.717, 1.165) is 25.7 Å². The zero-order valence-corrected chi connectivity index (χ0v) is 12.0. The van der Waals surface area contributed by atoms with Gasteiger partial charge in [0.05, 0.1) is 18.3 Å². The Kier molecular flexibility index (Phi) is 4.47. The third kappa shape index (κ3) is 3.90. The van der Waals surface area contributed by atoms with Gasteiger partial charge in [0.2, 0.25) is 15.9 Å². The molecule has 1 heterocycles. The average molecular weight is 290 g/mol. The van der Waals surface area contributed by atoms with Crippen molar-refractivity contribution in [3.8, 4) is 0 Å². The SMILES string of the molecule is CS(=O)(=O)N1CCCC(C(=O)NCC2CC(O)C2)C1. The van der Waals surface area contributed by atoms with Crippen LogP contribution in [0.4, 0.5) is 0 Å². The molecular weight excluding hydrogens is 268 g/mol. The van der Waals surface area contributed by atoms with Gasteiger partial charge in [0.25, 0.3) is 0 Å². The van der Waals surface area contributed by atoms with Crippen LogP contribution >= 0.6 is 0 Å². The second kappa shape index (κ2) is 5.76. The van der Waals surface area contributed by atoms with Crippen LogP contribution in [0, 0.1) is 11.8 Å². The van der Waals surface area contributed by atoms with E-state index in [1.165, 1.54) is 10.6 Å². The topological polar surface area (TPSA) is 86.7 Å². The van der Waals surface area contributed by atoms with Crippen LogP contribution in [0.15, 0.2) is 0 Å². The lowest BCUT2D eigenvalue weighted by molar-refractivity contribution is -0.126. The van der Waals surface area contributed by atoms with Crippen LogP contribution in [0.25, 0.3) is 0 Å². The van der Waals surface area contributed by atoms with Crippen molar-refractivity contribution < 1.29 is 18.3 Å². The molecule has 1 aliphatic heterocycles. The summed E-state index contributed by atoms with van der Waals surface area (Å²) in [5.74, 6) is 0.0665. The lowest BCUT2D eigenvalue weighted by Gasteiger charge is -2.33. The maximum atomic E-state index is 12.0. The number of piperidine rings is 1. The van der Waals surface area contributed by atoms with E-state index in [1.54, 1.807) is 0 Å². The number of nitrogens with one attached hydrogen (secondary N) is 1. The van der Waals surface area contributed by atoms with Crippen molar-refractivity contribution in [1.82, 2.24) is 9.62 Å². The molecule has 19 heavy (non-hydrogen) atoms. The van der Waals surface area contributed by atoms with E-state index < -0.39 is 10.0 Å². The molecule has 1 atom stereocenters. The van der Waals surface area contributed by atoms with Crippen LogP contribution in [-0.4, -0.2) is 55.7 Å². The Morgan fingerprint density at radius 3 is 2.68 bits per heavy atom. The molecule has 2 fully saturated rings. The number of amides is 1. The quantitative estimate of drug-likeness (QED) is 0.734. The van der Waals surface area contributed by atoms with Gasteiger partial charge in [-0.15, -0.1) is 0 Å². The summed E-state index contributed by atoms with van der Waals surface area (Å²) >= 11 is 0. The van der Waals surface area contributed by atoms with E-state index in [0.29, 0.717) is 19.0 Å². The number of hydrogen-bond acceptors (Lipinski definition) is 4. The normalized spacial score (nSPS) is 32.6. The van der Waals surface area contributed by atoms with E-state index in [1.807, 2.05) is 0 Å². The van der Waals surface area contributed by atoms with Crippen LogP contribution < -0.4 is 5.32 Å². The van der Waals surface area contributed by atoms with E-state index >= 15 is 0 Å². The minimum Gasteiger partial charge on any atom is -0.393 e. The molecule has 0 bridgehead atoms. The van der Waals surface area contributed by atoms with Gasteiger partial charge in [-0.3, -0.25) is 4.79 Å². The van der Waals surface area contributed by atoms with Gasteiger partial charge in [-0.2, -0.15) is 0 Å². The number of nitrogens with zero attached hydrogens (tertiary/aromatic N) is 1. The fraction of sp³-hybridized carbons (Fsp3) is 0.917. The highest BCUT2D eigenvalue weighted by Crippen LogP contribution is 2.26. The Morgan fingerprint density at radius 1 is 1.42 bits per heavy atom. The molecule has 7 heteroatoms. The number of rotatable bonds is 4. The maximum absolute atomic E-state index is 12.0. The average Bonchev–Trinajstić information content (AvgIpc) is 2.32. The van der Waals surface area contributed by atoms with Crippen LogP contribution in [0.5, 0.6) is 0 Å². The lowest BCUT2D eigenvalue weighted by atomic mass is 9.82. The highest BCUT2D eigenvalue weighted by molar-refractivity contribution is 7.88. The van der Waals surface area contributed by atoms with Crippen molar-refractivity contribution in [3.05, 3.63) is 0 Å². The molecular formula is C12H22N2O4S. The molecule has 0 aromatic carbocycles. The number of carbonyl (C=O) groups is 1. The molecule has 1 aliphatic carbocycles. The highest BCUT2D eigenvalue weighted by Gasteiger charge is 2.32. The standard InChI is InChI=1S/C12H22N2O4S/c1-19(17,18)14-4-2-3-10(8-14)12(16)13-7-9-5-11(15)6-9/h9-11,15H,2-8H2,1H3,(H,13,16). The summed E-state index contributed by atoms with van der Waals surface area (Å²) in [6.45, 7) is 1.39. The van der Waals surface area contributed by atoms with Gasteiger partial charge in [0.15, 0.2) is 0 Å². The van der Waals surface area contributed by atoms with E-state index in [9.17, 15) is 18.3 Å². The molecule has 6 nitrogen and oxygen atoms in total. The first-order valence-corrected chi connectivity index (χ1v) is 8.62. The highest BCUT2D eigenvalue weighted by atomic mass is 32.2. The zero-order chi connectivity index (χ0) is 14.0. The smallest absolute Gasteiger partial charge is 0.224 e. The van der Waals surface area contributed by atoms with Crippen LogP contribution in [-0.2, 0) is 14.8 Å². The summed E-state index contributed by atoms with van der Waals surface area (Å²) in [7, 11) is -3.20. The minimum atomic E-state index is -3.20.